The van der Waals surface area contributed by atoms with Crippen LogP contribution in [0.25, 0.3) is 0 Å². The van der Waals surface area contributed by atoms with Crippen LogP contribution in [0.5, 0.6) is 5.75 Å². The number of halogens is 2. The molecule has 0 fully saturated rings. The third-order valence-corrected chi connectivity index (χ3v) is 2.55. The van der Waals surface area contributed by atoms with Crippen LogP contribution >= 0.6 is 0 Å². The molecule has 0 aromatic heterocycles. The molecule has 84 valence electrons. The van der Waals surface area contributed by atoms with Crippen molar-refractivity contribution in [3.8, 4) is 5.75 Å². The Hall–Kier alpha value is -1.68. The van der Waals surface area contributed by atoms with Crippen LogP contribution in [0.1, 0.15) is 5.56 Å². The second-order valence-corrected chi connectivity index (χ2v) is 3.62. The molecule has 0 bridgehead atoms. The molecule has 1 aliphatic rings. The molecule has 1 aromatic rings. The van der Waals surface area contributed by atoms with E-state index in [1.165, 1.54) is 18.2 Å². The molecule has 0 saturated carbocycles. The van der Waals surface area contributed by atoms with Gasteiger partial charge in [-0.3, -0.25) is 0 Å². The SMILES string of the molecule is Oc1ccc(F)cc1C1(F)C=CC=CC1O. The molecule has 1 aliphatic carbocycles. The van der Waals surface area contributed by atoms with E-state index in [-0.39, 0.29) is 11.3 Å². The topological polar surface area (TPSA) is 40.5 Å². The maximum absolute atomic E-state index is 14.4. The number of benzene rings is 1. The molecule has 2 rings (SSSR count). The zero-order valence-corrected chi connectivity index (χ0v) is 8.27. The summed E-state index contributed by atoms with van der Waals surface area (Å²) in [5.74, 6) is -1.05. The molecule has 1 aromatic carbocycles. The van der Waals surface area contributed by atoms with Crippen LogP contribution < -0.4 is 0 Å². The molecule has 0 radical (unpaired) electrons. The maximum atomic E-state index is 14.4. The highest BCUT2D eigenvalue weighted by atomic mass is 19.1. The Balaban J connectivity index is 2.54. The van der Waals surface area contributed by atoms with Gasteiger partial charge < -0.3 is 10.2 Å². The largest absolute Gasteiger partial charge is 0.508 e. The van der Waals surface area contributed by atoms with Gasteiger partial charge in [-0.25, -0.2) is 8.78 Å². The van der Waals surface area contributed by atoms with Crippen LogP contribution in [0.2, 0.25) is 0 Å². The first-order chi connectivity index (χ1) is 7.54. The van der Waals surface area contributed by atoms with Crippen molar-refractivity contribution in [1.82, 2.24) is 0 Å². The van der Waals surface area contributed by atoms with Crippen LogP contribution in [0.3, 0.4) is 0 Å². The first-order valence-corrected chi connectivity index (χ1v) is 4.76. The summed E-state index contributed by atoms with van der Waals surface area (Å²) in [7, 11) is 0. The zero-order valence-electron chi connectivity index (χ0n) is 8.27. The Morgan fingerprint density at radius 3 is 2.69 bits per heavy atom. The molecule has 0 heterocycles. The predicted molar refractivity (Wildman–Crippen MR) is 55.1 cm³/mol. The third-order valence-electron chi connectivity index (χ3n) is 2.55. The van der Waals surface area contributed by atoms with Gasteiger partial charge in [0.1, 0.15) is 17.7 Å². The van der Waals surface area contributed by atoms with Gasteiger partial charge >= 0.3 is 0 Å². The van der Waals surface area contributed by atoms with Crippen molar-refractivity contribution in [2.45, 2.75) is 11.8 Å². The molecule has 0 aliphatic heterocycles. The van der Waals surface area contributed by atoms with E-state index in [1.54, 1.807) is 0 Å². The van der Waals surface area contributed by atoms with Gasteiger partial charge in [0.2, 0.25) is 0 Å². The lowest BCUT2D eigenvalue weighted by atomic mass is 9.86. The number of phenolic OH excluding ortho intramolecular Hbond substituents is 1. The summed E-state index contributed by atoms with van der Waals surface area (Å²) in [6.45, 7) is 0. The van der Waals surface area contributed by atoms with Gasteiger partial charge in [0, 0.05) is 5.56 Å². The number of alkyl halides is 1. The van der Waals surface area contributed by atoms with E-state index in [4.69, 9.17) is 0 Å². The van der Waals surface area contributed by atoms with Crippen molar-refractivity contribution in [2.24, 2.45) is 0 Å². The summed E-state index contributed by atoms with van der Waals surface area (Å²) in [4.78, 5) is 0. The van der Waals surface area contributed by atoms with E-state index >= 15 is 0 Å². The Labute approximate surface area is 91.2 Å². The van der Waals surface area contributed by atoms with Crippen LogP contribution in [0.15, 0.2) is 42.5 Å². The zero-order chi connectivity index (χ0) is 11.8. The minimum absolute atomic E-state index is 0.277. The quantitative estimate of drug-likeness (QED) is 0.767. The molecule has 16 heavy (non-hydrogen) atoms. The van der Waals surface area contributed by atoms with E-state index in [0.717, 1.165) is 24.3 Å². The fourth-order valence-corrected chi connectivity index (χ4v) is 1.67. The molecule has 0 saturated heterocycles. The molecule has 0 spiro atoms. The Morgan fingerprint density at radius 1 is 1.25 bits per heavy atom. The van der Waals surface area contributed by atoms with Gasteiger partial charge in [0.05, 0.1) is 0 Å². The van der Waals surface area contributed by atoms with Gasteiger partial charge in [0.15, 0.2) is 5.67 Å². The Kier molecular flexibility index (Phi) is 2.52. The highest BCUT2D eigenvalue weighted by molar-refractivity contribution is 5.44. The fourth-order valence-electron chi connectivity index (χ4n) is 1.67. The van der Waals surface area contributed by atoms with Gasteiger partial charge in [-0.15, -0.1) is 0 Å². The summed E-state index contributed by atoms with van der Waals surface area (Å²) < 4.78 is 27.4. The monoisotopic (exact) mass is 224 g/mol. The number of phenols is 1. The van der Waals surface area contributed by atoms with Crippen molar-refractivity contribution in [3.05, 3.63) is 53.9 Å². The van der Waals surface area contributed by atoms with Crippen molar-refractivity contribution < 1.29 is 19.0 Å². The number of aromatic hydroxyl groups is 1. The van der Waals surface area contributed by atoms with Crippen LogP contribution in [0.4, 0.5) is 8.78 Å². The summed E-state index contributed by atoms with van der Waals surface area (Å²) in [6, 6.07) is 2.96. The van der Waals surface area contributed by atoms with E-state index in [2.05, 4.69) is 0 Å². The number of hydrogen-bond donors (Lipinski definition) is 2. The highest BCUT2D eigenvalue weighted by Crippen LogP contribution is 2.39. The van der Waals surface area contributed by atoms with Crippen molar-refractivity contribution >= 4 is 0 Å². The van der Waals surface area contributed by atoms with Gasteiger partial charge in [-0.2, -0.15) is 0 Å². The van der Waals surface area contributed by atoms with Crippen molar-refractivity contribution in [2.75, 3.05) is 0 Å². The first-order valence-electron chi connectivity index (χ1n) is 4.76. The molecular weight excluding hydrogens is 214 g/mol. The summed E-state index contributed by atoms with van der Waals surface area (Å²) >= 11 is 0. The van der Waals surface area contributed by atoms with E-state index in [1.807, 2.05) is 0 Å². The second-order valence-electron chi connectivity index (χ2n) is 3.62. The first kappa shape index (κ1) is 10.8. The van der Waals surface area contributed by atoms with Crippen molar-refractivity contribution in [3.63, 3.8) is 0 Å². The third kappa shape index (κ3) is 1.61. The summed E-state index contributed by atoms with van der Waals surface area (Å²) in [5, 5.41) is 19.0. The van der Waals surface area contributed by atoms with Crippen LogP contribution in [0, 0.1) is 5.82 Å². The lowest BCUT2D eigenvalue weighted by molar-refractivity contribution is 0.0529. The number of allylic oxidation sites excluding steroid dienone is 2. The normalized spacial score (nSPS) is 28.3. The minimum Gasteiger partial charge on any atom is -0.508 e. The molecule has 0 amide bonds. The lowest BCUT2D eigenvalue weighted by Crippen LogP contribution is -2.33. The molecule has 2 atom stereocenters. The van der Waals surface area contributed by atoms with E-state index in [0.29, 0.717) is 0 Å². The summed E-state index contributed by atoms with van der Waals surface area (Å²) in [6.07, 6.45) is 3.78. The fraction of sp³-hybridized carbons (Fsp3) is 0.167. The highest BCUT2D eigenvalue weighted by Gasteiger charge is 2.39. The van der Waals surface area contributed by atoms with E-state index < -0.39 is 17.6 Å². The lowest BCUT2D eigenvalue weighted by Gasteiger charge is -2.28. The number of rotatable bonds is 1. The molecular formula is C12H10F2O2. The molecule has 2 N–H and O–H groups in total. The average molecular weight is 224 g/mol. The van der Waals surface area contributed by atoms with Gasteiger partial charge in [-0.05, 0) is 24.3 Å². The molecule has 2 nitrogen and oxygen atoms in total. The molecule has 2 unspecified atom stereocenters. The van der Waals surface area contributed by atoms with Crippen molar-refractivity contribution in [1.29, 1.82) is 0 Å². The molecule has 4 heteroatoms. The Morgan fingerprint density at radius 2 is 2.00 bits per heavy atom. The second kappa shape index (κ2) is 3.72. The predicted octanol–water partition coefficient (Wildman–Crippen LogP) is 2.18. The van der Waals surface area contributed by atoms with Crippen LogP contribution in [-0.4, -0.2) is 16.3 Å². The summed E-state index contributed by atoms with van der Waals surface area (Å²) in [5.41, 5.74) is -2.57. The number of aliphatic hydroxyl groups is 1. The van der Waals surface area contributed by atoms with E-state index in [9.17, 15) is 19.0 Å². The Bertz CT molecular complexity index is 468. The number of aliphatic hydroxyl groups excluding tert-OH is 1. The van der Waals surface area contributed by atoms with Gasteiger partial charge in [0.25, 0.3) is 0 Å². The van der Waals surface area contributed by atoms with Crippen LogP contribution in [-0.2, 0) is 5.67 Å². The minimum atomic E-state index is -2.29. The standard InChI is InChI=1S/C12H10F2O2/c13-8-4-5-10(15)9(7-8)12(14)6-2-1-3-11(12)16/h1-7,11,15-16H. The average Bonchev–Trinajstić information content (AvgIpc) is 2.26. The van der Waals surface area contributed by atoms with Gasteiger partial charge in [-0.1, -0.05) is 18.2 Å². The maximum Gasteiger partial charge on any atom is 0.187 e. The number of hydrogen-bond acceptors (Lipinski definition) is 2. The smallest absolute Gasteiger partial charge is 0.187 e.